The summed E-state index contributed by atoms with van der Waals surface area (Å²) < 4.78 is 10.7. The Bertz CT molecular complexity index is 1290. The van der Waals surface area contributed by atoms with E-state index in [1.807, 2.05) is 44.2 Å². The van der Waals surface area contributed by atoms with Crippen molar-refractivity contribution in [3.8, 4) is 11.5 Å². The molecule has 1 atom stereocenters. The molecule has 170 valence electrons. The summed E-state index contributed by atoms with van der Waals surface area (Å²) in [5.74, 6) is 0.416. The van der Waals surface area contributed by atoms with Gasteiger partial charge in [-0.2, -0.15) is 0 Å². The molecule has 0 radical (unpaired) electrons. The van der Waals surface area contributed by atoms with Crippen LogP contribution < -0.4 is 20.3 Å². The van der Waals surface area contributed by atoms with Crippen LogP contribution in [0.2, 0.25) is 0 Å². The molecule has 1 aromatic heterocycles. The minimum absolute atomic E-state index is 0.0779. The Hall–Kier alpha value is -3.87. The molecule has 0 saturated carbocycles. The first kappa shape index (κ1) is 22.3. The number of hydrogen-bond donors (Lipinski definition) is 2. The van der Waals surface area contributed by atoms with Crippen molar-refractivity contribution in [3.05, 3.63) is 86.3 Å². The Balaban J connectivity index is 1.62. The molecular formula is C26H26N2O5. The van der Waals surface area contributed by atoms with Crippen LogP contribution in [-0.2, 0) is 6.42 Å². The van der Waals surface area contributed by atoms with Crippen LogP contribution in [0.25, 0.3) is 0 Å². The van der Waals surface area contributed by atoms with Crippen molar-refractivity contribution >= 4 is 17.4 Å². The van der Waals surface area contributed by atoms with E-state index in [0.717, 1.165) is 16.7 Å². The second kappa shape index (κ2) is 8.94. The molecule has 0 saturated heterocycles. The number of pyridine rings is 1. The van der Waals surface area contributed by atoms with Crippen molar-refractivity contribution in [3.63, 3.8) is 0 Å². The summed E-state index contributed by atoms with van der Waals surface area (Å²) in [6.07, 6.45) is 0.747. The molecule has 33 heavy (non-hydrogen) atoms. The Morgan fingerprint density at radius 2 is 1.64 bits per heavy atom. The molecule has 1 amide bonds. The summed E-state index contributed by atoms with van der Waals surface area (Å²) in [5.41, 5.74) is 3.86. The number of ketones is 1. The number of aromatic amines is 1. The third kappa shape index (κ3) is 4.53. The number of carbonyl (C=O) groups excluding carboxylic acids is 2. The first-order valence-electron chi connectivity index (χ1n) is 10.7. The minimum Gasteiger partial charge on any atom is -0.493 e. The number of H-pyrrole nitrogens is 1. The number of anilines is 1. The lowest BCUT2D eigenvalue weighted by molar-refractivity contribution is 0.0963. The van der Waals surface area contributed by atoms with Gasteiger partial charge in [0.1, 0.15) is 5.56 Å². The van der Waals surface area contributed by atoms with Crippen LogP contribution >= 0.6 is 0 Å². The number of Topliss-reactive ketones (excluding diaryl/α,β-unsaturated/α-hetero) is 1. The van der Waals surface area contributed by atoms with E-state index >= 15 is 0 Å². The number of ether oxygens (including phenoxy) is 2. The predicted molar refractivity (Wildman–Crippen MR) is 126 cm³/mol. The second-order valence-corrected chi connectivity index (χ2v) is 8.38. The Morgan fingerprint density at radius 3 is 2.30 bits per heavy atom. The number of rotatable bonds is 5. The van der Waals surface area contributed by atoms with Crippen LogP contribution in [0.3, 0.4) is 0 Å². The third-order valence-electron chi connectivity index (χ3n) is 5.91. The number of benzene rings is 2. The van der Waals surface area contributed by atoms with E-state index in [0.29, 0.717) is 34.9 Å². The average Bonchev–Trinajstić information content (AvgIpc) is 2.77. The zero-order valence-corrected chi connectivity index (χ0v) is 19.1. The molecule has 7 heteroatoms. The van der Waals surface area contributed by atoms with Gasteiger partial charge in [0, 0.05) is 23.4 Å². The van der Waals surface area contributed by atoms with E-state index in [2.05, 4.69) is 10.3 Å². The van der Waals surface area contributed by atoms with E-state index < -0.39 is 11.5 Å². The van der Waals surface area contributed by atoms with Gasteiger partial charge in [0.2, 0.25) is 0 Å². The highest BCUT2D eigenvalue weighted by molar-refractivity contribution is 6.06. The van der Waals surface area contributed by atoms with Crippen LogP contribution in [-0.4, -0.2) is 30.9 Å². The molecule has 7 nitrogen and oxygen atoms in total. The molecule has 0 spiro atoms. The Kier molecular flexibility index (Phi) is 6.05. The van der Waals surface area contributed by atoms with Gasteiger partial charge in [-0.25, -0.2) is 0 Å². The number of methoxy groups -OCH3 is 2. The van der Waals surface area contributed by atoms with Gasteiger partial charge in [0.25, 0.3) is 11.5 Å². The van der Waals surface area contributed by atoms with Crippen molar-refractivity contribution in [1.82, 2.24) is 4.98 Å². The maximum atomic E-state index is 13.0. The molecule has 0 unspecified atom stereocenters. The molecule has 4 rings (SSSR count). The van der Waals surface area contributed by atoms with Gasteiger partial charge in [0.05, 0.1) is 14.2 Å². The fourth-order valence-corrected chi connectivity index (χ4v) is 4.39. The molecule has 2 aromatic carbocycles. The summed E-state index contributed by atoms with van der Waals surface area (Å²) in [6, 6.07) is 12.6. The maximum absolute atomic E-state index is 13.0. The van der Waals surface area contributed by atoms with Crippen molar-refractivity contribution in [2.75, 3.05) is 19.5 Å². The summed E-state index contributed by atoms with van der Waals surface area (Å²) >= 11 is 0. The van der Waals surface area contributed by atoms with Gasteiger partial charge in [-0.05, 0) is 73.2 Å². The summed E-state index contributed by atoms with van der Waals surface area (Å²) in [7, 11) is 3.13. The molecule has 1 heterocycles. The number of amides is 1. The molecule has 2 N–H and O–H groups in total. The lowest BCUT2D eigenvalue weighted by Gasteiger charge is -2.24. The average molecular weight is 447 g/mol. The number of hydrogen-bond acceptors (Lipinski definition) is 5. The standard InChI is InChI=1S/C26H26N2O5/c1-14-7-15(2)9-18(8-14)27-25(30)20-13-19-21(28-26(20)31)10-17(11-22(19)29)16-5-6-23(32-3)24(12-16)33-4/h5-9,12-13,17H,10-11H2,1-4H3,(H,27,30)(H,28,31)/t17-/m0/s1. The highest BCUT2D eigenvalue weighted by Crippen LogP contribution is 2.36. The van der Waals surface area contributed by atoms with Crippen LogP contribution in [0, 0.1) is 13.8 Å². The lowest BCUT2D eigenvalue weighted by atomic mass is 9.81. The topological polar surface area (TPSA) is 97.5 Å². The van der Waals surface area contributed by atoms with Crippen molar-refractivity contribution in [2.45, 2.75) is 32.6 Å². The van der Waals surface area contributed by atoms with Crippen molar-refractivity contribution < 1.29 is 19.1 Å². The molecule has 0 bridgehead atoms. The fraction of sp³-hybridized carbons (Fsp3) is 0.269. The highest BCUT2D eigenvalue weighted by Gasteiger charge is 2.29. The quantitative estimate of drug-likeness (QED) is 0.613. The summed E-state index contributed by atoms with van der Waals surface area (Å²) in [5, 5.41) is 2.76. The summed E-state index contributed by atoms with van der Waals surface area (Å²) in [6.45, 7) is 3.86. The first-order valence-corrected chi connectivity index (χ1v) is 10.7. The third-order valence-corrected chi connectivity index (χ3v) is 5.91. The molecule has 0 aliphatic heterocycles. The van der Waals surface area contributed by atoms with Crippen molar-refractivity contribution in [2.24, 2.45) is 0 Å². The predicted octanol–water partition coefficient (Wildman–Crippen LogP) is 4.17. The summed E-state index contributed by atoms with van der Waals surface area (Å²) in [4.78, 5) is 41.3. The molecule has 1 aliphatic carbocycles. The largest absolute Gasteiger partial charge is 0.493 e. The van der Waals surface area contributed by atoms with E-state index in [4.69, 9.17) is 9.47 Å². The lowest BCUT2D eigenvalue weighted by Crippen LogP contribution is -2.29. The SMILES string of the molecule is COc1ccc([C@@H]2CC(=O)c3cc(C(=O)Nc4cc(C)cc(C)c4)c(=O)[nH]c3C2)cc1OC. The van der Waals surface area contributed by atoms with Crippen LogP contribution in [0.1, 0.15) is 55.4 Å². The van der Waals surface area contributed by atoms with Crippen LogP contribution in [0.5, 0.6) is 11.5 Å². The molecule has 0 fully saturated rings. The van der Waals surface area contributed by atoms with Crippen molar-refractivity contribution in [1.29, 1.82) is 0 Å². The van der Waals surface area contributed by atoms with Gasteiger partial charge in [0.15, 0.2) is 17.3 Å². The molecule has 3 aromatic rings. The normalized spacial score (nSPS) is 15.0. The van der Waals surface area contributed by atoms with Gasteiger partial charge < -0.3 is 19.8 Å². The smallest absolute Gasteiger partial charge is 0.261 e. The molecule has 1 aliphatic rings. The zero-order chi connectivity index (χ0) is 23.7. The number of aryl methyl sites for hydroxylation is 2. The number of aromatic nitrogens is 1. The number of carbonyl (C=O) groups is 2. The van der Waals surface area contributed by atoms with Crippen LogP contribution in [0.4, 0.5) is 5.69 Å². The minimum atomic E-state index is -0.543. The first-order chi connectivity index (χ1) is 15.8. The Labute approximate surface area is 191 Å². The van der Waals surface area contributed by atoms with Gasteiger partial charge >= 0.3 is 0 Å². The fourth-order valence-electron chi connectivity index (χ4n) is 4.39. The van der Waals surface area contributed by atoms with E-state index in [9.17, 15) is 14.4 Å². The van der Waals surface area contributed by atoms with Gasteiger partial charge in [-0.3, -0.25) is 14.4 Å². The van der Waals surface area contributed by atoms with Gasteiger partial charge in [-0.15, -0.1) is 0 Å². The maximum Gasteiger partial charge on any atom is 0.261 e. The molecular weight excluding hydrogens is 420 g/mol. The van der Waals surface area contributed by atoms with Gasteiger partial charge in [-0.1, -0.05) is 12.1 Å². The van der Waals surface area contributed by atoms with E-state index in [1.54, 1.807) is 20.3 Å². The number of fused-ring (bicyclic) bond motifs is 1. The second-order valence-electron chi connectivity index (χ2n) is 8.38. The highest BCUT2D eigenvalue weighted by atomic mass is 16.5. The number of nitrogens with one attached hydrogen (secondary N) is 2. The zero-order valence-electron chi connectivity index (χ0n) is 19.1. The monoisotopic (exact) mass is 446 g/mol. The van der Waals surface area contributed by atoms with E-state index in [-0.39, 0.29) is 23.7 Å². The van der Waals surface area contributed by atoms with Crippen LogP contribution in [0.15, 0.2) is 47.3 Å². The Morgan fingerprint density at radius 1 is 0.939 bits per heavy atom. The van der Waals surface area contributed by atoms with E-state index in [1.165, 1.54) is 6.07 Å².